The van der Waals surface area contributed by atoms with E-state index in [1.165, 1.54) is 40.3 Å². The highest BCUT2D eigenvalue weighted by molar-refractivity contribution is 7.07. The van der Waals surface area contributed by atoms with E-state index < -0.39 is 17.6 Å². The van der Waals surface area contributed by atoms with Crippen molar-refractivity contribution in [1.82, 2.24) is 4.68 Å². The lowest BCUT2D eigenvalue weighted by molar-refractivity contribution is -0.137. The van der Waals surface area contributed by atoms with Gasteiger partial charge in [-0.15, -0.1) is 11.3 Å². The summed E-state index contributed by atoms with van der Waals surface area (Å²) in [6.45, 7) is 2.29. The highest BCUT2D eigenvalue weighted by atomic mass is 32.1. The molecule has 8 heteroatoms. The van der Waals surface area contributed by atoms with E-state index in [4.69, 9.17) is 0 Å². The van der Waals surface area contributed by atoms with Gasteiger partial charge in [-0.05, 0) is 25.1 Å². The fourth-order valence-electron chi connectivity index (χ4n) is 2.50. The van der Waals surface area contributed by atoms with E-state index in [1.54, 1.807) is 23.6 Å². The third-order valence-electron chi connectivity index (χ3n) is 3.71. The van der Waals surface area contributed by atoms with E-state index in [1.807, 2.05) is 6.92 Å². The molecule has 0 amide bonds. The van der Waals surface area contributed by atoms with Crippen molar-refractivity contribution in [2.24, 2.45) is 10.1 Å². The summed E-state index contributed by atoms with van der Waals surface area (Å²) in [6.07, 6.45) is -3.37. The van der Waals surface area contributed by atoms with Crippen LogP contribution in [0.3, 0.4) is 0 Å². The van der Waals surface area contributed by atoms with Crippen molar-refractivity contribution in [3.8, 4) is 11.3 Å². The van der Waals surface area contributed by atoms with Gasteiger partial charge < -0.3 is 0 Å². The Balaban J connectivity index is 2.13. The number of rotatable bonds is 4. The van der Waals surface area contributed by atoms with Crippen molar-refractivity contribution in [3.63, 3.8) is 0 Å². The summed E-state index contributed by atoms with van der Waals surface area (Å²) in [5.74, 6) is -0.446. The maximum Gasteiger partial charge on any atom is 0.417 e. The molecule has 0 saturated carbocycles. The zero-order valence-electron chi connectivity index (χ0n) is 14.2. The van der Waals surface area contributed by atoms with Gasteiger partial charge in [-0.3, -0.25) is 4.99 Å². The number of alkyl halides is 3. The van der Waals surface area contributed by atoms with Crippen LogP contribution in [0.5, 0.6) is 0 Å². The molecule has 0 fully saturated rings. The Morgan fingerprint density at radius 3 is 2.48 bits per heavy atom. The van der Waals surface area contributed by atoms with Gasteiger partial charge in [-0.1, -0.05) is 30.3 Å². The predicted octanol–water partition coefficient (Wildman–Crippen LogP) is 5.18. The Bertz CT molecular complexity index is 1030. The summed E-state index contributed by atoms with van der Waals surface area (Å²) >= 11 is 1.24. The number of nitrogens with zero attached hydrogens (tertiary/aromatic N) is 3. The Morgan fingerprint density at radius 2 is 1.78 bits per heavy atom. The molecule has 3 nitrogen and oxygen atoms in total. The number of halogens is 4. The molecule has 0 aliphatic rings. The van der Waals surface area contributed by atoms with Gasteiger partial charge in [0.15, 0.2) is 0 Å². The van der Waals surface area contributed by atoms with Crippen molar-refractivity contribution in [3.05, 3.63) is 75.7 Å². The number of hydrogen-bond acceptors (Lipinski definition) is 3. The molecule has 0 spiro atoms. The van der Waals surface area contributed by atoms with Gasteiger partial charge in [0.05, 0.1) is 17.5 Å². The summed E-state index contributed by atoms with van der Waals surface area (Å²) < 4.78 is 55.1. The van der Waals surface area contributed by atoms with E-state index in [0.717, 1.165) is 12.3 Å². The highest BCUT2D eigenvalue weighted by Gasteiger charge is 2.32. The van der Waals surface area contributed by atoms with Crippen LogP contribution in [0.15, 0.2) is 64.0 Å². The number of benzene rings is 2. The molecule has 1 aromatic heterocycles. The minimum Gasteiger partial charge on any atom is -0.258 e. The lowest BCUT2D eigenvalue weighted by Gasteiger charge is -2.09. The van der Waals surface area contributed by atoms with Gasteiger partial charge in [-0.2, -0.15) is 18.3 Å². The van der Waals surface area contributed by atoms with Gasteiger partial charge in [0, 0.05) is 23.1 Å². The largest absolute Gasteiger partial charge is 0.417 e. The van der Waals surface area contributed by atoms with Crippen LogP contribution in [0.2, 0.25) is 0 Å². The normalized spacial score (nSPS) is 12.9. The summed E-state index contributed by atoms with van der Waals surface area (Å²) in [5, 5.41) is 5.87. The molecule has 0 saturated heterocycles. The van der Waals surface area contributed by atoms with E-state index in [2.05, 4.69) is 10.1 Å². The van der Waals surface area contributed by atoms with Crippen LogP contribution in [0, 0.1) is 5.82 Å². The lowest BCUT2D eigenvalue weighted by Crippen LogP contribution is -2.14. The van der Waals surface area contributed by atoms with Gasteiger partial charge in [0.1, 0.15) is 5.82 Å². The molecule has 0 bridgehead atoms. The smallest absolute Gasteiger partial charge is 0.258 e. The maximum atomic E-state index is 14.2. The van der Waals surface area contributed by atoms with E-state index >= 15 is 0 Å². The minimum absolute atomic E-state index is 0.0781. The molecule has 27 heavy (non-hydrogen) atoms. The van der Waals surface area contributed by atoms with Crippen LogP contribution in [0.1, 0.15) is 18.1 Å². The standard InChI is InChI=1S/C19H15F4N3S/c1-2-24-18-26(17(12-27-18)14-8-4-6-10-16(14)20)25-11-13-7-3-5-9-15(13)19(21,22)23/h3-12H,2H2,1H3. The topological polar surface area (TPSA) is 29.6 Å². The van der Waals surface area contributed by atoms with Gasteiger partial charge in [-0.25, -0.2) is 9.07 Å². The van der Waals surface area contributed by atoms with E-state index in [-0.39, 0.29) is 5.56 Å². The Morgan fingerprint density at radius 1 is 1.07 bits per heavy atom. The second kappa shape index (κ2) is 7.87. The molecular weight excluding hydrogens is 378 g/mol. The first-order valence-corrected chi connectivity index (χ1v) is 8.96. The second-order valence-electron chi connectivity index (χ2n) is 5.50. The first-order valence-electron chi connectivity index (χ1n) is 8.08. The maximum absolute atomic E-state index is 14.2. The van der Waals surface area contributed by atoms with Crippen molar-refractivity contribution >= 4 is 17.6 Å². The molecule has 3 aromatic rings. The number of aromatic nitrogens is 1. The Labute approximate surface area is 156 Å². The van der Waals surface area contributed by atoms with Crippen LogP contribution >= 0.6 is 11.3 Å². The fraction of sp³-hybridized carbons (Fsp3) is 0.158. The van der Waals surface area contributed by atoms with E-state index in [0.29, 0.717) is 22.6 Å². The first-order chi connectivity index (χ1) is 12.9. The first kappa shape index (κ1) is 19.0. The SMILES string of the molecule is CCN=c1scc(-c2ccccc2F)n1N=Cc1ccccc1C(F)(F)F. The zero-order valence-corrected chi connectivity index (χ0v) is 15.1. The van der Waals surface area contributed by atoms with Gasteiger partial charge in [0.2, 0.25) is 4.80 Å². The monoisotopic (exact) mass is 393 g/mol. The van der Waals surface area contributed by atoms with Crippen LogP contribution in [-0.4, -0.2) is 17.4 Å². The van der Waals surface area contributed by atoms with Crippen LogP contribution in [0.25, 0.3) is 11.3 Å². The van der Waals surface area contributed by atoms with E-state index in [9.17, 15) is 17.6 Å². The molecule has 2 aromatic carbocycles. The molecule has 0 N–H and O–H groups in total. The molecular formula is C19H15F4N3S. The quantitative estimate of drug-likeness (QED) is 0.432. The average molecular weight is 393 g/mol. The van der Waals surface area contributed by atoms with Crippen LogP contribution < -0.4 is 4.80 Å². The number of hydrogen-bond donors (Lipinski definition) is 0. The molecule has 3 rings (SSSR count). The van der Waals surface area contributed by atoms with Gasteiger partial charge >= 0.3 is 6.18 Å². The molecule has 0 aliphatic carbocycles. The van der Waals surface area contributed by atoms with Crippen molar-refractivity contribution in [2.45, 2.75) is 13.1 Å². The third kappa shape index (κ3) is 4.16. The third-order valence-corrected chi connectivity index (χ3v) is 4.56. The molecule has 0 atom stereocenters. The minimum atomic E-state index is -4.49. The summed E-state index contributed by atoms with van der Waals surface area (Å²) in [4.78, 5) is 4.76. The average Bonchev–Trinajstić information content (AvgIpc) is 3.02. The van der Waals surface area contributed by atoms with Crippen LogP contribution in [-0.2, 0) is 6.18 Å². The summed E-state index contributed by atoms with van der Waals surface area (Å²) in [5.41, 5.74) is -0.143. The Kier molecular flexibility index (Phi) is 5.55. The van der Waals surface area contributed by atoms with Crippen molar-refractivity contribution in [1.29, 1.82) is 0 Å². The lowest BCUT2D eigenvalue weighted by atomic mass is 10.1. The summed E-state index contributed by atoms with van der Waals surface area (Å²) in [7, 11) is 0. The second-order valence-corrected chi connectivity index (χ2v) is 6.34. The molecule has 0 unspecified atom stereocenters. The van der Waals surface area contributed by atoms with Crippen molar-refractivity contribution < 1.29 is 17.6 Å². The Hall–Kier alpha value is -2.74. The van der Waals surface area contributed by atoms with Crippen LogP contribution in [0.4, 0.5) is 17.6 Å². The zero-order chi connectivity index (χ0) is 19.4. The molecule has 0 aliphatic heterocycles. The predicted molar refractivity (Wildman–Crippen MR) is 98.2 cm³/mol. The van der Waals surface area contributed by atoms with Gasteiger partial charge in [0.25, 0.3) is 0 Å². The number of thiazole rings is 1. The molecule has 0 radical (unpaired) electrons. The van der Waals surface area contributed by atoms with Crippen molar-refractivity contribution in [2.75, 3.05) is 6.54 Å². The fourth-order valence-corrected chi connectivity index (χ4v) is 3.39. The highest BCUT2D eigenvalue weighted by Crippen LogP contribution is 2.31. The summed E-state index contributed by atoms with van der Waals surface area (Å²) in [6, 6.07) is 11.3. The molecule has 140 valence electrons. The molecule has 1 heterocycles.